The molecule has 0 bridgehead atoms. The lowest BCUT2D eigenvalue weighted by Crippen LogP contribution is -2.37. The molecule has 3 aromatic carbocycles. The van der Waals surface area contributed by atoms with E-state index in [9.17, 15) is 14.7 Å². The number of benzene rings is 3. The first-order valence-corrected chi connectivity index (χ1v) is 10.3. The Labute approximate surface area is 181 Å². The fourth-order valence-electron chi connectivity index (χ4n) is 4.09. The molecule has 2 saturated heterocycles. The summed E-state index contributed by atoms with van der Waals surface area (Å²) in [4.78, 5) is 34.0. The van der Waals surface area contributed by atoms with Gasteiger partial charge in [0.1, 0.15) is 11.7 Å². The van der Waals surface area contributed by atoms with Crippen molar-refractivity contribution in [2.24, 2.45) is 5.92 Å². The number of fused-ring (bicyclic) bond motifs is 1. The highest BCUT2D eigenvalue weighted by Gasteiger charge is 2.60. The number of imide groups is 1. The van der Waals surface area contributed by atoms with Gasteiger partial charge in [-0.2, -0.15) is 0 Å². The van der Waals surface area contributed by atoms with E-state index in [2.05, 4.69) is 15.9 Å². The zero-order chi connectivity index (χ0) is 20.8. The van der Waals surface area contributed by atoms with E-state index in [1.54, 1.807) is 47.5 Å². The molecule has 2 aliphatic heterocycles. The van der Waals surface area contributed by atoms with Gasteiger partial charge in [-0.25, -0.2) is 9.96 Å². The SMILES string of the molecule is O=C1[C@@H]2[C@@H](c3ccc(O)cc3)N(c3ccccc3)O[C@H]2C(=O)N1c1ccccc1Br. The van der Waals surface area contributed by atoms with E-state index in [0.29, 0.717) is 10.2 Å². The maximum atomic E-state index is 13.5. The van der Waals surface area contributed by atoms with Crippen LogP contribution >= 0.6 is 15.9 Å². The Kier molecular flexibility index (Phi) is 4.56. The number of anilines is 2. The molecule has 30 heavy (non-hydrogen) atoms. The molecular formula is C23H17BrN2O4. The number of carbonyl (C=O) groups is 2. The number of aromatic hydroxyl groups is 1. The zero-order valence-corrected chi connectivity index (χ0v) is 17.3. The fraction of sp³-hybridized carbons (Fsp3) is 0.130. The van der Waals surface area contributed by atoms with E-state index in [4.69, 9.17) is 4.84 Å². The Balaban J connectivity index is 1.60. The molecule has 150 valence electrons. The number of phenols is 1. The van der Waals surface area contributed by atoms with Gasteiger partial charge in [0.05, 0.1) is 17.4 Å². The van der Waals surface area contributed by atoms with Crippen molar-refractivity contribution in [3.05, 3.63) is 88.9 Å². The Bertz CT molecular complexity index is 1120. The molecule has 0 aliphatic carbocycles. The number of hydrogen-bond donors (Lipinski definition) is 1. The van der Waals surface area contributed by atoms with Crippen LogP contribution in [0.2, 0.25) is 0 Å². The molecule has 0 unspecified atom stereocenters. The fourth-order valence-corrected chi connectivity index (χ4v) is 4.56. The van der Waals surface area contributed by atoms with Crippen LogP contribution in [0.15, 0.2) is 83.3 Å². The number of hydrogen-bond acceptors (Lipinski definition) is 5. The van der Waals surface area contributed by atoms with Crippen LogP contribution in [0.25, 0.3) is 0 Å². The van der Waals surface area contributed by atoms with Crippen molar-refractivity contribution in [3.63, 3.8) is 0 Å². The third-order valence-corrected chi connectivity index (χ3v) is 6.12. The highest BCUT2D eigenvalue weighted by Crippen LogP contribution is 2.48. The van der Waals surface area contributed by atoms with Crippen molar-refractivity contribution in [2.45, 2.75) is 12.1 Å². The summed E-state index contributed by atoms with van der Waals surface area (Å²) >= 11 is 3.43. The number of phenolic OH excluding ortho intramolecular Hbond substituents is 1. The zero-order valence-electron chi connectivity index (χ0n) is 15.7. The molecule has 1 N–H and O–H groups in total. The van der Waals surface area contributed by atoms with Crippen molar-refractivity contribution in [1.29, 1.82) is 0 Å². The molecule has 2 heterocycles. The van der Waals surface area contributed by atoms with Crippen LogP contribution in [0.4, 0.5) is 11.4 Å². The van der Waals surface area contributed by atoms with Gasteiger partial charge in [-0.3, -0.25) is 14.4 Å². The van der Waals surface area contributed by atoms with Gasteiger partial charge < -0.3 is 5.11 Å². The molecule has 2 aliphatic rings. The number of rotatable bonds is 3. The second-order valence-electron chi connectivity index (χ2n) is 7.21. The Morgan fingerprint density at radius 1 is 0.833 bits per heavy atom. The number of hydroxylamine groups is 1. The van der Waals surface area contributed by atoms with Crippen LogP contribution in [-0.2, 0) is 14.4 Å². The first-order chi connectivity index (χ1) is 14.6. The molecule has 0 saturated carbocycles. The molecule has 2 fully saturated rings. The van der Waals surface area contributed by atoms with E-state index in [0.717, 1.165) is 11.3 Å². The van der Waals surface area contributed by atoms with Crippen molar-refractivity contribution in [3.8, 4) is 5.75 Å². The molecule has 5 rings (SSSR count). The summed E-state index contributed by atoms with van der Waals surface area (Å²) < 4.78 is 0.660. The largest absolute Gasteiger partial charge is 0.508 e. The maximum absolute atomic E-state index is 13.5. The van der Waals surface area contributed by atoms with Crippen LogP contribution in [0.3, 0.4) is 0 Å². The van der Waals surface area contributed by atoms with Crippen LogP contribution in [0.5, 0.6) is 5.75 Å². The minimum Gasteiger partial charge on any atom is -0.508 e. The second-order valence-corrected chi connectivity index (χ2v) is 8.07. The van der Waals surface area contributed by atoms with Gasteiger partial charge in [0, 0.05) is 4.47 Å². The Morgan fingerprint density at radius 2 is 1.50 bits per heavy atom. The Morgan fingerprint density at radius 3 is 2.20 bits per heavy atom. The lowest BCUT2D eigenvalue weighted by atomic mass is 9.90. The van der Waals surface area contributed by atoms with E-state index in [1.165, 1.54) is 4.90 Å². The van der Waals surface area contributed by atoms with Crippen molar-refractivity contribution in [2.75, 3.05) is 9.96 Å². The predicted molar refractivity (Wildman–Crippen MR) is 115 cm³/mol. The minimum absolute atomic E-state index is 0.129. The highest BCUT2D eigenvalue weighted by atomic mass is 79.9. The number of para-hydroxylation sites is 2. The van der Waals surface area contributed by atoms with Crippen molar-refractivity contribution < 1.29 is 19.5 Å². The van der Waals surface area contributed by atoms with E-state index >= 15 is 0 Å². The molecular weight excluding hydrogens is 448 g/mol. The molecule has 7 heteroatoms. The topological polar surface area (TPSA) is 70.1 Å². The summed E-state index contributed by atoms with van der Waals surface area (Å²) in [5, 5.41) is 11.3. The number of halogens is 1. The van der Waals surface area contributed by atoms with Crippen molar-refractivity contribution in [1.82, 2.24) is 0 Å². The van der Waals surface area contributed by atoms with Crippen LogP contribution in [0.1, 0.15) is 11.6 Å². The molecule has 0 radical (unpaired) electrons. The van der Waals surface area contributed by atoms with Gasteiger partial charge in [0.15, 0.2) is 6.10 Å². The monoisotopic (exact) mass is 464 g/mol. The third kappa shape index (κ3) is 2.89. The summed E-state index contributed by atoms with van der Waals surface area (Å²) in [6.45, 7) is 0. The van der Waals surface area contributed by atoms with E-state index in [-0.39, 0.29) is 17.6 Å². The average Bonchev–Trinajstić information content (AvgIpc) is 3.26. The summed E-state index contributed by atoms with van der Waals surface area (Å²) in [6.07, 6.45) is -0.927. The summed E-state index contributed by atoms with van der Waals surface area (Å²) in [5.41, 5.74) is 2.03. The summed E-state index contributed by atoms with van der Waals surface area (Å²) in [7, 11) is 0. The lowest BCUT2D eigenvalue weighted by Gasteiger charge is -2.29. The van der Waals surface area contributed by atoms with Gasteiger partial charge >= 0.3 is 0 Å². The molecule has 0 aromatic heterocycles. The molecule has 6 nitrogen and oxygen atoms in total. The molecule has 3 aromatic rings. The van der Waals surface area contributed by atoms with Crippen LogP contribution in [-0.4, -0.2) is 23.0 Å². The minimum atomic E-state index is -0.927. The molecule has 3 atom stereocenters. The Hall–Kier alpha value is -3.16. The average molecular weight is 465 g/mol. The lowest BCUT2D eigenvalue weighted by molar-refractivity contribution is -0.126. The number of nitrogens with zero attached hydrogens (tertiary/aromatic N) is 2. The molecule has 0 spiro atoms. The summed E-state index contributed by atoms with van der Waals surface area (Å²) in [6, 6.07) is 22.6. The highest BCUT2D eigenvalue weighted by molar-refractivity contribution is 9.10. The van der Waals surface area contributed by atoms with E-state index in [1.807, 2.05) is 36.4 Å². The van der Waals surface area contributed by atoms with Gasteiger partial charge in [0.2, 0.25) is 5.91 Å². The van der Waals surface area contributed by atoms with Crippen LogP contribution in [0, 0.1) is 5.92 Å². The quantitative estimate of drug-likeness (QED) is 0.588. The third-order valence-electron chi connectivity index (χ3n) is 5.45. The first kappa shape index (κ1) is 18.8. The standard InChI is InChI=1S/C23H17BrN2O4/c24-17-8-4-5-9-18(17)25-22(28)19-20(14-10-12-16(27)13-11-14)26(30-21(19)23(25)29)15-6-2-1-3-7-15/h1-13,19-21,27H/t19-,20-,21-/m1/s1. The predicted octanol–water partition coefficient (Wildman–Crippen LogP) is 4.21. The van der Waals surface area contributed by atoms with Crippen molar-refractivity contribution >= 4 is 39.1 Å². The number of amides is 2. The second kappa shape index (κ2) is 7.27. The smallest absolute Gasteiger partial charge is 0.266 e. The van der Waals surface area contributed by atoms with Gasteiger partial charge in [0.25, 0.3) is 5.91 Å². The number of carbonyl (C=O) groups excluding carboxylic acids is 2. The van der Waals surface area contributed by atoms with E-state index < -0.39 is 18.1 Å². The molecule has 2 amide bonds. The van der Waals surface area contributed by atoms with Gasteiger partial charge in [-0.1, -0.05) is 42.5 Å². The summed E-state index contributed by atoms with van der Waals surface area (Å²) in [5.74, 6) is -1.29. The van der Waals surface area contributed by atoms with Crippen LogP contribution < -0.4 is 9.96 Å². The first-order valence-electron chi connectivity index (χ1n) is 9.48. The normalized spacial score (nSPS) is 23.2. The van der Waals surface area contributed by atoms with Gasteiger partial charge in [-0.05, 0) is 57.9 Å². The van der Waals surface area contributed by atoms with Gasteiger partial charge in [-0.15, -0.1) is 0 Å². The maximum Gasteiger partial charge on any atom is 0.266 e.